The van der Waals surface area contributed by atoms with Gasteiger partial charge in [0.05, 0.1) is 0 Å². The van der Waals surface area contributed by atoms with Crippen molar-refractivity contribution in [2.24, 2.45) is 0 Å². The fourth-order valence-corrected chi connectivity index (χ4v) is 3.49. The molecule has 0 aliphatic carbocycles. The van der Waals surface area contributed by atoms with Crippen LogP contribution >= 0.6 is 0 Å². The summed E-state index contributed by atoms with van der Waals surface area (Å²) < 4.78 is 32.8. The maximum atomic E-state index is 11.7. The van der Waals surface area contributed by atoms with E-state index in [0.717, 1.165) is 40.5 Å². The average molecular weight is 292 g/mol. The molecule has 0 spiro atoms. The Bertz CT molecular complexity index is 774. The zero-order valence-corrected chi connectivity index (χ0v) is 13.1. The Balaban J connectivity index is 3.01. The summed E-state index contributed by atoms with van der Waals surface area (Å²) in [6.45, 7) is 8.08. The first-order valence-electron chi connectivity index (χ1n) is 6.77. The zero-order valence-electron chi connectivity index (χ0n) is 12.3. The second kappa shape index (κ2) is 5.19. The number of hydrogen-bond acceptors (Lipinski definition) is 2. The van der Waals surface area contributed by atoms with Crippen LogP contribution in [-0.2, 0) is 16.5 Å². The van der Waals surface area contributed by atoms with Crippen molar-refractivity contribution in [1.29, 1.82) is 0 Å². The van der Waals surface area contributed by atoms with E-state index in [0.29, 0.717) is 5.39 Å². The van der Waals surface area contributed by atoms with Gasteiger partial charge in [0.15, 0.2) is 0 Å². The normalized spacial score (nSPS) is 12.1. The topological polar surface area (TPSA) is 54.4 Å². The fraction of sp³-hybridized carbons (Fsp3) is 0.375. The van der Waals surface area contributed by atoms with Crippen LogP contribution in [0.25, 0.3) is 10.8 Å². The van der Waals surface area contributed by atoms with E-state index in [1.54, 1.807) is 12.1 Å². The Labute approximate surface area is 120 Å². The molecule has 2 aromatic carbocycles. The molecule has 0 unspecified atom stereocenters. The number of hydrogen-bond donors (Lipinski definition) is 1. The molecule has 4 heteroatoms. The summed E-state index contributed by atoms with van der Waals surface area (Å²) in [5.74, 6) is 0. The molecule has 0 radical (unpaired) electrons. The SMILES string of the molecule is CCCc1cc(S(=O)(=O)O)c2ccc(C)c(C)c2c1C. The minimum absolute atomic E-state index is 0.0182. The second-order valence-electron chi connectivity index (χ2n) is 5.31. The van der Waals surface area contributed by atoms with Gasteiger partial charge in [0.25, 0.3) is 10.1 Å². The molecule has 3 nitrogen and oxygen atoms in total. The van der Waals surface area contributed by atoms with Crippen LogP contribution in [0.2, 0.25) is 0 Å². The van der Waals surface area contributed by atoms with E-state index in [1.165, 1.54) is 0 Å². The predicted molar refractivity (Wildman–Crippen MR) is 82.0 cm³/mol. The number of rotatable bonds is 3. The maximum Gasteiger partial charge on any atom is 0.295 e. The van der Waals surface area contributed by atoms with E-state index in [1.807, 2.05) is 26.8 Å². The van der Waals surface area contributed by atoms with E-state index in [-0.39, 0.29) is 4.90 Å². The van der Waals surface area contributed by atoms with Gasteiger partial charge in [-0.25, -0.2) is 0 Å². The van der Waals surface area contributed by atoms with Gasteiger partial charge in [0.2, 0.25) is 0 Å². The Kier molecular flexibility index (Phi) is 3.89. The molecule has 0 bridgehead atoms. The summed E-state index contributed by atoms with van der Waals surface area (Å²) in [6.07, 6.45) is 1.74. The lowest BCUT2D eigenvalue weighted by Crippen LogP contribution is -2.04. The van der Waals surface area contributed by atoms with Crippen LogP contribution in [0, 0.1) is 20.8 Å². The third-order valence-corrected chi connectivity index (χ3v) is 4.85. The highest BCUT2D eigenvalue weighted by Gasteiger charge is 2.19. The molecule has 20 heavy (non-hydrogen) atoms. The molecule has 0 aliphatic heterocycles. The lowest BCUT2D eigenvalue weighted by molar-refractivity contribution is 0.484. The summed E-state index contributed by atoms with van der Waals surface area (Å²) in [5.41, 5.74) is 4.29. The van der Waals surface area contributed by atoms with Crippen LogP contribution in [0.5, 0.6) is 0 Å². The van der Waals surface area contributed by atoms with Gasteiger partial charge >= 0.3 is 0 Å². The zero-order chi connectivity index (χ0) is 15.1. The van der Waals surface area contributed by atoms with Gasteiger partial charge in [0.1, 0.15) is 4.90 Å². The quantitative estimate of drug-likeness (QED) is 0.871. The van der Waals surface area contributed by atoms with Crippen LogP contribution in [-0.4, -0.2) is 13.0 Å². The van der Waals surface area contributed by atoms with Crippen LogP contribution in [0.15, 0.2) is 23.1 Å². The summed E-state index contributed by atoms with van der Waals surface area (Å²) in [6, 6.07) is 5.29. The average Bonchev–Trinajstić information content (AvgIpc) is 2.35. The van der Waals surface area contributed by atoms with E-state index >= 15 is 0 Å². The predicted octanol–water partition coefficient (Wildman–Crippen LogP) is 3.96. The number of fused-ring (bicyclic) bond motifs is 1. The smallest absolute Gasteiger partial charge is 0.282 e. The van der Waals surface area contributed by atoms with E-state index in [4.69, 9.17) is 0 Å². The third-order valence-electron chi connectivity index (χ3n) is 3.96. The Hall–Kier alpha value is -1.39. The maximum absolute atomic E-state index is 11.7. The first kappa shape index (κ1) is 15.0. The molecule has 2 rings (SSSR count). The molecule has 0 atom stereocenters. The fourth-order valence-electron chi connectivity index (χ4n) is 2.75. The highest BCUT2D eigenvalue weighted by molar-refractivity contribution is 7.86. The van der Waals surface area contributed by atoms with Gasteiger partial charge in [-0.05, 0) is 60.9 Å². The molecule has 1 N–H and O–H groups in total. The lowest BCUT2D eigenvalue weighted by atomic mass is 9.92. The highest BCUT2D eigenvalue weighted by Crippen LogP contribution is 2.33. The van der Waals surface area contributed by atoms with E-state index in [9.17, 15) is 13.0 Å². The molecule has 0 amide bonds. The van der Waals surface area contributed by atoms with Crippen molar-refractivity contribution in [3.8, 4) is 0 Å². The molecule has 0 aliphatic rings. The standard InChI is InChI=1S/C16H20O3S/c1-5-6-13-9-15(20(17,18)19)14-8-7-10(2)11(3)16(14)12(13)4/h7-9H,5-6H2,1-4H3,(H,17,18,19). The summed E-state index contributed by atoms with van der Waals surface area (Å²) in [7, 11) is -4.22. The summed E-state index contributed by atoms with van der Waals surface area (Å²) >= 11 is 0. The molecular weight excluding hydrogens is 272 g/mol. The molecule has 0 saturated carbocycles. The van der Waals surface area contributed by atoms with Gasteiger partial charge < -0.3 is 0 Å². The molecular formula is C16H20O3S. The highest BCUT2D eigenvalue weighted by atomic mass is 32.2. The van der Waals surface area contributed by atoms with Gasteiger partial charge in [-0.2, -0.15) is 8.42 Å². The molecule has 0 saturated heterocycles. The largest absolute Gasteiger partial charge is 0.295 e. The van der Waals surface area contributed by atoms with Crippen LogP contribution in [0.4, 0.5) is 0 Å². The van der Waals surface area contributed by atoms with Crippen molar-refractivity contribution >= 4 is 20.9 Å². The van der Waals surface area contributed by atoms with E-state index in [2.05, 4.69) is 6.92 Å². The van der Waals surface area contributed by atoms with Gasteiger partial charge in [0, 0.05) is 5.39 Å². The Morgan fingerprint density at radius 1 is 1.10 bits per heavy atom. The van der Waals surface area contributed by atoms with Crippen molar-refractivity contribution in [3.63, 3.8) is 0 Å². The minimum Gasteiger partial charge on any atom is -0.282 e. The Morgan fingerprint density at radius 2 is 1.75 bits per heavy atom. The van der Waals surface area contributed by atoms with Gasteiger partial charge in [-0.3, -0.25) is 4.55 Å². The van der Waals surface area contributed by atoms with Crippen molar-refractivity contribution in [2.75, 3.05) is 0 Å². The summed E-state index contributed by atoms with van der Waals surface area (Å²) in [5, 5.41) is 1.55. The molecule has 0 fully saturated rings. The van der Waals surface area contributed by atoms with Crippen molar-refractivity contribution < 1.29 is 13.0 Å². The third kappa shape index (κ3) is 2.45. The first-order valence-corrected chi connectivity index (χ1v) is 8.21. The van der Waals surface area contributed by atoms with Crippen molar-refractivity contribution in [2.45, 2.75) is 45.4 Å². The minimum atomic E-state index is -4.22. The molecule has 0 heterocycles. The number of aryl methyl sites for hydroxylation is 4. The second-order valence-corrected chi connectivity index (χ2v) is 6.70. The Morgan fingerprint density at radius 3 is 2.30 bits per heavy atom. The summed E-state index contributed by atoms with van der Waals surface area (Å²) in [4.78, 5) is 0.0182. The molecule has 108 valence electrons. The van der Waals surface area contributed by atoms with Crippen LogP contribution in [0.1, 0.15) is 35.6 Å². The van der Waals surface area contributed by atoms with Gasteiger partial charge in [-0.15, -0.1) is 0 Å². The van der Waals surface area contributed by atoms with Crippen LogP contribution in [0.3, 0.4) is 0 Å². The lowest BCUT2D eigenvalue weighted by Gasteiger charge is -2.15. The van der Waals surface area contributed by atoms with Crippen molar-refractivity contribution in [1.82, 2.24) is 0 Å². The van der Waals surface area contributed by atoms with Crippen LogP contribution < -0.4 is 0 Å². The molecule has 2 aromatic rings. The number of benzene rings is 2. The van der Waals surface area contributed by atoms with E-state index < -0.39 is 10.1 Å². The first-order chi connectivity index (χ1) is 9.27. The monoisotopic (exact) mass is 292 g/mol. The molecule has 0 aromatic heterocycles. The van der Waals surface area contributed by atoms with Crippen molar-refractivity contribution in [3.05, 3.63) is 40.5 Å². The van der Waals surface area contributed by atoms with Gasteiger partial charge in [-0.1, -0.05) is 25.5 Å².